The van der Waals surface area contributed by atoms with Crippen molar-refractivity contribution in [1.82, 2.24) is 4.90 Å². The zero-order valence-corrected chi connectivity index (χ0v) is 17.2. The molecule has 2 aromatic carbocycles. The lowest BCUT2D eigenvalue weighted by molar-refractivity contribution is -0.132. The Morgan fingerprint density at radius 2 is 1.75 bits per heavy atom. The van der Waals surface area contributed by atoms with Crippen molar-refractivity contribution in [3.8, 4) is 17.2 Å². The molecule has 3 rings (SSSR count). The molecule has 1 heterocycles. The number of aryl methyl sites for hydroxylation is 2. The standard InChI is InChI=1S/C23H29NO4/c1-16-12-17(2)14-19(13-16)28-11-9-23(25)24-10-5-6-20(24)18-7-8-21(26-3)22(15-18)27-4/h7-8,12-15,20H,5-6,9-11H2,1-4H3. The van der Waals surface area contributed by atoms with Crippen LogP contribution in [0.25, 0.3) is 0 Å². The number of methoxy groups -OCH3 is 2. The number of hydrogen-bond donors (Lipinski definition) is 0. The molecule has 0 aromatic heterocycles. The van der Waals surface area contributed by atoms with E-state index in [-0.39, 0.29) is 11.9 Å². The predicted molar refractivity (Wildman–Crippen MR) is 109 cm³/mol. The van der Waals surface area contributed by atoms with Crippen molar-refractivity contribution in [2.24, 2.45) is 0 Å². The lowest BCUT2D eigenvalue weighted by Gasteiger charge is -2.26. The molecular formula is C23H29NO4. The van der Waals surface area contributed by atoms with E-state index in [9.17, 15) is 4.79 Å². The Kier molecular flexibility index (Phi) is 6.45. The van der Waals surface area contributed by atoms with Gasteiger partial charge < -0.3 is 19.1 Å². The molecular weight excluding hydrogens is 354 g/mol. The third-order valence-electron chi connectivity index (χ3n) is 5.15. The van der Waals surface area contributed by atoms with Crippen LogP contribution in [0.5, 0.6) is 17.2 Å². The summed E-state index contributed by atoms with van der Waals surface area (Å²) in [5.74, 6) is 2.34. The first-order chi connectivity index (χ1) is 13.5. The molecule has 2 aromatic rings. The van der Waals surface area contributed by atoms with Crippen LogP contribution in [0.15, 0.2) is 36.4 Å². The first kappa shape index (κ1) is 20.1. The highest BCUT2D eigenvalue weighted by Gasteiger charge is 2.30. The molecule has 28 heavy (non-hydrogen) atoms. The van der Waals surface area contributed by atoms with Gasteiger partial charge in [0.1, 0.15) is 5.75 Å². The van der Waals surface area contributed by atoms with Gasteiger partial charge in [0.15, 0.2) is 11.5 Å². The monoisotopic (exact) mass is 383 g/mol. The summed E-state index contributed by atoms with van der Waals surface area (Å²) in [5.41, 5.74) is 3.41. The average molecular weight is 383 g/mol. The second-order valence-corrected chi connectivity index (χ2v) is 7.28. The summed E-state index contributed by atoms with van der Waals surface area (Å²) in [7, 11) is 3.25. The lowest BCUT2D eigenvalue weighted by Crippen LogP contribution is -2.31. The van der Waals surface area contributed by atoms with Crippen LogP contribution < -0.4 is 14.2 Å². The van der Waals surface area contributed by atoms with E-state index in [0.717, 1.165) is 41.8 Å². The summed E-state index contributed by atoms with van der Waals surface area (Å²) in [6, 6.07) is 12.1. The number of likely N-dealkylation sites (tertiary alicyclic amines) is 1. The molecule has 5 nitrogen and oxygen atoms in total. The molecule has 1 amide bonds. The van der Waals surface area contributed by atoms with Gasteiger partial charge in [-0.05, 0) is 67.6 Å². The summed E-state index contributed by atoms with van der Waals surface area (Å²) in [4.78, 5) is 14.8. The van der Waals surface area contributed by atoms with Crippen molar-refractivity contribution >= 4 is 5.91 Å². The molecule has 1 saturated heterocycles. The van der Waals surface area contributed by atoms with Crippen LogP contribution in [0.1, 0.15) is 42.0 Å². The Bertz CT molecular complexity index is 813. The molecule has 0 bridgehead atoms. The Balaban J connectivity index is 1.63. The highest BCUT2D eigenvalue weighted by atomic mass is 16.5. The van der Waals surface area contributed by atoms with E-state index < -0.39 is 0 Å². The number of ether oxygens (including phenoxy) is 3. The van der Waals surface area contributed by atoms with E-state index >= 15 is 0 Å². The molecule has 1 aliphatic heterocycles. The fourth-order valence-electron chi connectivity index (χ4n) is 3.89. The Morgan fingerprint density at radius 1 is 1.04 bits per heavy atom. The minimum absolute atomic E-state index is 0.0773. The second kappa shape index (κ2) is 9.00. The normalized spacial score (nSPS) is 16.1. The minimum atomic E-state index is 0.0773. The molecule has 1 atom stereocenters. The number of carbonyl (C=O) groups is 1. The Hall–Kier alpha value is -2.69. The van der Waals surface area contributed by atoms with Gasteiger partial charge in [0, 0.05) is 6.54 Å². The van der Waals surface area contributed by atoms with Gasteiger partial charge in [-0.2, -0.15) is 0 Å². The maximum atomic E-state index is 12.8. The van der Waals surface area contributed by atoms with E-state index in [1.807, 2.05) is 49.1 Å². The summed E-state index contributed by atoms with van der Waals surface area (Å²) in [5, 5.41) is 0. The van der Waals surface area contributed by atoms with Gasteiger partial charge in [0.2, 0.25) is 5.91 Å². The van der Waals surface area contributed by atoms with E-state index in [0.29, 0.717) is 24.5 Å². The van der Waals surface area contributed by atoms with Crippen molar-refractivity contribution < 1.29 is 19.0 Å². The van der Waals surface area contributed by atoms with Crippen LogP contribution in [-0.2, 0) is 4.79 Å². The maximum Gasteiger partial charge on any atom is 0.226 e. The highest BCUT2D eigenvalue weighted by Crippen LogP contribution is 2.37. The molecule has 1 fully saturated rings. The van der Waals surface area contributed by atoms with Gasteiger partial charge in [-0.25, -0.2) is 0 Å². The SMILES string of the molecule is COc1ccc(C2CCCN2C(=O)CCOc2cc(C)cc(C)c2)cc1OC. The Labute approximate surface area is 167 Å². The first-order valence-corrected chi connectivity index (χ1v) is 9.74. The maximum absolute atomic E-state index is 12.8. The van der Waals surface area contributed by atoms with E-state index in [4.69, 9.17) is 14.2 Å². The quantitative estimate of drug-likeness (QED) is 0.709. The number of hydrogen-bond acceptors (Lipinski definition) is 4. The van der Waals surface area contributed by atoms with Crippen LogP contribution >= 0.6 is 0 Å². The predicted octanol–water partition coefficient (Wildman–Crippen LogP) is 4.45. The van der Waals surface area contributed by atoms with Crippen LogP contribution in [0.2, 0.25) is 0 Å². The highest BCUT2D eigenvalue weighted by molar-refractivity contribution is 5.77. The van der Waals surface area contributed by atoms with Crippen molar-refractivity contribution in [2.75, 3.05) is 27.4 Å². The molecule has 150 valence electrons. The molecule has 1 unspecified atom stereocenters. The van der Waals surface area contributed by atoms with Crippen molar-refractivity contribution in [3.63, 3.8) is 0 Å². The van der Waals surface area contributed by atoms with Gasteiger partial charge in [-0.1, -0.05) is 12.1 Å². The molecule has 5 heteroatoms. The van der Waals surface area contributed by atoms with Gasteiger partial charge >= 0.3 is 0 Å². The number of rotatable bonds is 7. The van der Waals surface area contributed by atoms with Crippen LogP contribution in [0.4, 0.5) is 0 Å². The number of benzene rings is 2. The summed E-state index contributed by atoms with van der Waals surface area (Å²) < 4.78 is 16.6. The van der Waals surface area contributed by atoms with Gasteiger partial charge in [-0.15, -0.1) is 0 Å². The Morgan fingerprint density at radius 3 is 2.43 bits per heavy atom. The molecule has 0 radical (unpaired) electrons. The van der Waals surface area contributed by atoms with E-state index in [1.165, 1.54) is 0 Å². The van der Waals surface area contributed by atoms with Crippen molar-refractivity contribution in [2.45, 2.75) is 39.2 Å². The average Bonchev–Trinajstić information content (AvgIpc) is 3.16. The number of carbonyl (C=O) groups excluding carboxylic acids is 1. The molecule has 1 aliphatic rings. The zero-order chi connectivity index (χ0) is 20.1. The van der Waals surface area contributed by atoms with E-state index in [2.05, 4.69) is 6.07 Å². The summed E-state index contributed by atoms with van der Waals surface area (Å²) in [6.45, 7) is 5.25. The molecule has 0 spiro atoms. The minimum Gasteiger partial charge on any atom is -0.493 e. The third-order valence-corrected chi connectivity index (χ3v) is 5.15. The van der Waals surface area contributed by atoms with Gasteiger partial charge in [0.05, 0.1) is 33.3 Å². The first-order valence-electron chi connectivity index (χ1n) is 9.74. The fraction of sp³-hybridized carbons (Fsp3) is 0.435. The number of amides is 1. The second-order valence-electron chi connectivity index (χ2n) is 7.28. The zero-order valence-electron chi connectivity index (χ0n) is 17.2. The molecule has 0 aliphatic carbocycles. The lowest BCUT2D eigenvalue weighted by atomic mass is 10.0. The molecule has 0 N–H and O–H groups in total. The summed E-state index contributed by atoms with van der Waals surface area (Å²) in [6.07, 6.45) is 2.33. The topological polar surface area (TPSA) is 48.0 Å². The van der Waals surface area contributed by atoms with E-state index in [1.54, 1.807) is 14.2 Å². The summed E-state index contributed by atoms with van der Waals surface area (Å²) >= 11 is 0. The largest absolute Gasteiger partial charge is 0.493 e. The van der Waals surface area contributed by atoms with Crippen molar-refractivity contribution in [3.05, 3.63) is 53.1 Å². The smallest absolute Gasteiger partial charge is 0.226 e. The van der Waals surface area contributed by atoms with Crippen LogP contribution in [-0.4, -0.2) is 38.2 Å². The fourth-order valence-corrected chi connectivity index (χ4v) is 3.89. The van der Waals surface area contributed by atoms with Crippen LogP contribution in [0.3, 0.4) is 0 Å². The molecule has 0 saturated carbocycles. The van der Waals surface area contributed by atoms with Gasteiger partial charge in [0.25, 0.3) is 0 Å². The third kappa shape index (κ3) is 4.58. The van der Waals surface area contributed by atoms with Crippen molar-refractivity contribution in [1.29, 1.82) is 0 Å². The van der Waals surface area contributed by atoms with Gasteiger partial charge in [-0.3, -0.25) is 4.79 Å². The number of nitrogens with zero attached hydrogens (tertiary/aromatic N) is 1. The van der Waals surface area contributed by atoms with Crippen LogP contribution in [0, 0.1) is 13.8 Å².